The molecule has 0 aromatic carbocycles. The van der Waals surface area contributed by atoms with Crippen LogP contribution in [0.5, 0.6) is 0 Å². The minimum absolute atomic E-state index is 0.216. The lowest BCUT2D eigenvalue weighted by Crippen LogP contribution is -2.49. The van der Waals surface area contributed by atoms with Crippen molar-refractivity contribution in [2.24, 2.45) is 11.7 Å². The van der Waals surface area contributed by atoms with Crippen molar-refractivity contribution < 1.29 is 4.79 Å². The predicted octanol–water partition coefficient (Wildman–Crippen LogP) is 1.90. The molecule has 1 amide bonds. The number of nitrogens with zero attached hydrogens (tertiary/aromatic N) is 2. The Morgan fingerprint density at radius 2 is 2.40 bits per heavy atom. The van der Waals surface area contributed by atoms with Gasteiger partial charge in [0.15, 0.2) is 0 Å². The Balaban J connectivity index is 1.79. The van der Waals surface area contributed by atoms with Crippen LogP contribution in [0.25, 0.3) is 0 Å². The largest absolute Gasteiger partial charge is 0.338 e. The second kappa shape index (κ2) is 7.64. The average Bonchev–Trinajstić information content (AvgIpc) is 2.48. The van der Waals surface area contributed by atoms with Crippen molar-refractivity contribution in [1.82, 2.24) is 9.88 Å². The smallest absolute Gasteiger partial charge is 0.232 e. The summed E-state index contributed by atoms with van der Waals surface area (Å²) in [5.41, 5.74) is 6.82. The van der Waals surface area contributed by atoms with E-state index in [-0.39, 0.29) is 11.9 Å². The minimum atomic E-state index is 0.216. The highest BCUT2D eigenvalue weighted by molar-refractivity contribution is 7.99. The van der Waals surface area contributed by atoms with Crippen molar-refractivity contribution in [3.8, 4) is 0 Å². The van der Waals surface area contributed by atoms with Crippen molar-refractivity contribution in [3.63, 3.8) is 0 Å². The van der Waals surface area contributed by atoms with E-state index >= 15 is 0 Å². The molecule has 1 aliphatic heterocycles. The molecular weight excluding hydrogens is 270 g/mol. The third-order valence-electron chi connectivity index (χ3n) is 3.77. The molecule has 2 heterocycles. The first-order valence-corrected chi connectivity index (χ1v) is 8.33. The molecule has 0 radical (unpaired) electrons. The summed E-state index contributed by atoms with van der Waals surface area (Å²) in [6.45, 7) is 3.66. The fourth-order valence-electron chi connectivity index (χ4n) is 2.61. The first-order chi connectivity index (χ1) is 9.70. The molecule has 20 heavy (non-hydrogen) atoms. The molecule has 1 aromatic heterocycles. The van der Waals surface area contributed by atoms with Crippen LogP contribution in [-0.4, -0.2) is 40.7 Å². The summed E-state index contributed by atoms with van der Waals surface area (Å²) in [7, 11) is 0. The molecule has 1 fully saturated rings. The fraction of sp³-hybridized carbons (Fsp3) is 0.600. The number of hydrogen-bond donors (Lipinski definition) is 1. The van der Waals surface area contributed by atoms with E-state index in [1.807, 2.05) is 23.1 Å². The van der Waals surface area contributed by atoms with Crippen molar-refractivity contribution in [2.75, 3.05) is 18.8 Å². The predicted molar refractivity (Wildman–Crippen MR) is 83.4 cm³/mol. The zero-order chi connectivity index (χ0) is 14.4. The number of likely N-dealkylation sites (tertiary alicyclic amines) is 1. The number of carbonyl (C=O) groups excluding carboxylic acids is 1. The number of nitrogens with two attached hydrogens (primary N) is 1. The Kier molecular flexibility index (Phi) is 5.86. The Labute approximate surface area is 125 Å². The Morgan fingerprint density at radius 3 is 3.10 bits per heavy atom. The van der Waals surface area contributed by atoms with E-state index in [1.54, 1.807) is 18.0 Å². The second-order valence-electron chi connectivity index (χ2n) is 5.42. The summed E-state index contributed by atoms with van der Waals surface area (Å²) < 4.78 is 0. The molecule has 1 aromatic rings. The number of pyridine rings is 1. The van der Waals surface area contributed by atoms with E-state index in [4.69, 9.17) is 5.73 Å². The lowest BCUT2D eigenvalue weighted by atomic mass is 9.92. The Hall–Kier alpha value is -1.07. The summed E-state index contributed by atoms with van der Waals surface area (Å²) in [4.78, 5) is 18.5. The summed E-state index contributed by atoms with van der Waals surface area (Å²) >= 11 is 1.63. The van der Waals surface area contributed by atoms with Gasteiger partial charge >= 0.3 is 0 Å². The number of piperidine rings is 1. The first kappa shape index (κ1) is 15.3. The molecule has 2 N–H and O–H groups in total. The molecule has 0 aliphatic carbocycles. The number of rotatable bonds is 5. The maximum Gasteiger partial charge on any atom is 0.232 e. The topological polar surface area (TPSA) is 59.2 Å². The molecule has 4 nitrogen and oxygen atoms in total. The lowest BCUT2D eigenvalue weighted by Gasteiger charge is -2.38. The second-order valence-corrected chi connectivity index (χ2v) is 6.41. The molecule has 0 bridgehead atoms. The van der Waals surface area contributed by atoms with Crippen LogP contribution in [0.1, 0.15) is 25.5 Å². The molecule has 0 spiro atoms. The van der Waals surface area contributed by atoms with E-state index in [1.165, 1.54) is 0 Å². The molecule has 110 valence electrons. The Morgan fingerprint density at radius 1 is 1.55 bits per heavy atom. The van der Waals surface area contributed by atoms with Crippen molar-refractivity contribution in [3.05, 3.63) is 30.1 Å². The van der Waals surface area contributed by atoms with Gasteiger partial charge in [-0.05, 0) is 30.9 Å². The number of carbonyl (C=O) groups is 1. The van der Waals surface area contributed by atoms with Gasteiger partial charge in [-0.25, -0.2) is 0 Å². The third kappa shape index (κ3) is 4.21. The molecule has 1 aliphatic rings. The van der Waals surface area contributed by atoms with Gasteiger partial charge in [0, 0.05) is 31.1 Å². The average molecular weight is 293 g/mol. The van der Waals surface area contributed by atoms with E-state index in [0.717, 1.165) is 30.8 Å². The molecular formula is C15H23N3OS. The van der Waals surface area contributed by atoms with Gasteiger partial charge in [0.2, 0.25) is 5.91 Å². The maximum absolute atomic E-state index is 12.3. The normalized spacial score (nSPS) is 22.8. The molecule has 0 saturated carbocycles. The summed E-state index contributed by atoms with van der Waals surface area (Å²) in [6.07, 6.45) is 3.91. The summed E-state index contributed by atoms with van der Waals surface area (Å²) in [5, 5.41) is 0. The van der Waals surface area contributed by atoms with Gasteiger partial charge in [-0.2, -0.15) is 0 Å². The SMILES string of the molecule is CC1CCN(C(=O)CSCc2ccccn2)C(CN)C1. The lowest BCUT2D eigenvalue weighted by molar-refractivity contribution is -0.132. The summed E-state index contributed by atoms with van der Waals surface area (Å²) in [6, 6.07) is 6.09. The van der Waals surface area contributed by atoms with Gasteiger partial charge in [-0.15, -0.1) is 11.8 Å². The van der Waals surface area contributed by atoms with Crippen LogP contribution < -0.4 is 5.73 Å². The van der Waals surface area contributed by atoms with Crippen molar-refractivity contribution in [2.45, 2.75) is 31.6 Å². The van der Waals surface area contributed by atoms with E-state index < -0.39 is 0 Å². The van der Waals surface area contributed by atoms with Gasteiger partial charge in [0.1, 0.15) is 0 Å². The number of aromatic nitrogens is 1. The van der Waals surface area contributed by atoms with E-state index in [0.29, 0.717) is 18.2 Å². The monoisotopic (exact) mass is 293 g/mol. The quantitative estimate of drug-likeness (QED) is 0.901. The van der Waals surface area contributed by atoms with Gasteiger partial charge in [-0.1, -0.05) is 13.0 Å². The van der Waals surface area contributed by atoms with Gasteiger partial charge in [0.25, 0.3) is 0 Å². The highest BCUT2D eigenvalue weighted by Gasteiger charge is 2.28. The third-order valence-corrected chi connectivity index (χ3v) is 4.72. The van der Waals surface area contributed by atoms with Crippen LogP contribution in [0, 0.1) is 5.92 Å². The molecule has 2 atom stereocenters. The molecule has 2 rings (SSSR count). The molecule has 1 saturated heterocycles. The zero-order valence-electron chi connectivity index (χ0n) is 12.0. The van der Waals surface area contributed by atoms with Crippen LogP contribution in [0.15, 0.2) is 24.4 Å². The highest BCUT2D eigenvalue weighted by Crippen LogP contribution is 2.23. The fourth-order valence-corrected chi connectivity index (χ4v) is 3.44. The number of amides is 1. The van der Waals surface area contributed by atoms with Crippen LogP contribution in [0.3, 0.4) is 0 Å². The zero-order valence-corrected chi connectivity index (χ0v) is 12.8. The van der Waals surface area contributed by atoms with Gasteiger partial charge in [0.05, 0.1) is 11.4 Å². The van der Waals surface area contributed by atoms with Crippen molar-refractivity contribution >= 4 is 17.7 Å². The minimum Gasteiger partial charge on any atom is -0.338 e. The van der Waals surface area contributed by atoms with Crippen LogP contribution in [0.2, 0.25) is 0 Å². The highest BCUT2D eigenvalue weighted by atomic mass is 32.2. The Bertz CT molecular complexity index is 426. The summed E-state index contributed by atoms with van der Waals surface area (Å²) in [5.74, 6) is 2.19. The number of thioether (sulfide) groups is 1. The maximum atomic E-state index is 12.3. The molecule has 5 heteroatoms. The van der Waals surface area contributed by atoms with E-state index in [2.05, 4.69) is 11.9 Å². The standard InChI is InChI=1S/C15H23N3OS/c1-12-5-7-18(14(8-12)9-16)15(19)11-20-10-13-4-2-3-6-17-13/h2-4,6,12,14H,5,7-11,16H2,1H3. The molecule has 2 unspecified atom stereocenters. The van der Waals surface area contributed by atoms with E-state index in [9.17, 15) is 4.79 Å². The van der Waals surface area contributed by atoms with Gasteiger partial charge in [-0.3, -0.25) is 9.78 Å². The van der Waals surface area contributed by atoms with Crippen LogP contribution >= 0.6 is 11.8 Å². The van der Waals surface area contributed by atoms with Crippen LogP contribution in [0.4, 0.5) is 0 Å². The first-order valence-electron chi connectivity index (χ1n) is 7.18. The van der Waals surface area contributed by atoms with Crippen LogP contribution in [-0.2, 0) is 10.5 Å². The van der Waals surface area contributed by atoms with Gasteiger partial charge < -0.3 is 10.6 Å². The van der Waals surface area contributed by atoms with Crippen molar-refractivity contribution in [1.29, 1.82) is 0 Å². The number of hydrogen-bond acceptors (Lipinski definition) is 4.